The molecule has 0 saturated carbocycles. The molecule has 2 nitrogen and oxygen atoms in total. The summed E-state index contributed by atoms with van der Waals surface area (Å²) in [6, 6.07) is 10.6. The van der Waals surface area contributed by atoms with E-state index in [1.807, 2.05) is 0 Å². The number of ether oxygens (including phenoxy) is 1. The molecule has 0 fully saturated rings. The van der Waals surface area contributed by atoms with E-state index in [9.17, 15) is 0 Å². The number of rotatable bonds is 8. The minimum absolute atomic E-state index is 0.339. The summed E-state index contributed by atoms with van der Waals surface area (Å²) < 4.78 is 5.44. The van der Waals surface area contributed by atoms with Crippen molar-refractivity contribution < 1.29 is 4.74 Å². The molecule has 0 unspecified atom stereocenters. The second kappa shape index (κ2) is 8.31. The van der Waals surface area contributed by atoms with Crippen LogP contribution in [0.3, 0.4) is 0 Å². The fraction of sp³-hybridized carbons (Fsp3) is 0.571. The summed E-state index contributed by atoms with van der Waals surface area (Å²) in [7, 11) is 0. The van der Waals surface area contributed by atoms with Gasteiger partial charge in [0.1, 0.15) is 0 Å². The van der Waals surface area contributed by atoms with E-state index < -0.39 is 0 Å². The number of nitrogens with one attached hydrogen (secondary N) is 1. The summed E-state index contributed by atoms with van der Waals surface area (Å²) in [5.41, 5.74) is 1.42. The maximum atomic E-state index is 5.44. The van der Waals surface area contributed by atoms with Gasteiger partial charge < -0.3 is 10.1 Å². The molecule has 2 heteroatoms. The standard InChI is InChI=1S/C14H23NO/c1-13(2)16-12-11-15-10-6-9-14-7-4-3-5-8-14/h3-5,7-8,13,15H,6,9-12H2,1-2H3. The van der Waals surface area contributed by atoms with Crippen molar-refractivity contribution in [2.24, 2.45) is 0 Å². The van der Waals surface area contributed by atoms with E-state index in [-0.39, 0.29) is 0 Å². The van der Waals surface area contributed by atoms with Gasteiger partial charge in [-0.3, -0.25) is 0 Å². The zero-order chi connectivity index (χ0) is 11.6. The molecule has 1 N–H and O–H groups in total. The van der Waals surface area contributed by atoms with E-state index in [4.69, 9.17) is 4.74 Å². The van der Waals surface area contributed by atoms with Gasteiger partial charge in [-0.25, -0.2) is 0 Å². The molecule has 1 aromatic rings. The lowest BCUT2D eigenvalue weighted by molar-refractivity contribution is 0.0809. The van der Waals surface area contributed by atoms with Gasteiger partial charge in [-0.1, -0.05) is 30.3 Å². The van der Waals surface area contributed by atoms with Crippen LogP contribution in [0.1, 0.15) is 25.8 Å². The number of hydrogen-bond acceptors (Lipinski definition) is 2. The first-order valence-corrected chi connectivity index (χ1v) is 6.15. The second-order valence-electron chi connectivity index (χ2n) is 4.26. The molecule has 0 saturated heterocycles. The van der Waals surface area contributed by atoms with Crippen molar-refractivity contribution in [3.8, 4) is 0 Å². The molecule has 0 aliphatic carbocycles. The minimum atomic E-state index is 0.339. The van der Waals surface area contributed by atoms with E-state index >= 15 is 0 Å². The summed E-state index contributed by atoms with van der Waals surface area (Å²) >= 11 is 0. The number of benzene rings is 1. The first-order chi connectivity index (χ1) is 7.79. The highest BCUT2D eigenvalue weighted by atomic mass is 16.5. The molecule has 0 bridgehead atoms. The Hall–Kier alpha value is -0.860. The van der Waals surface area contributed by atoms with E-state index in [0.29, 0.717) is 6.10 Å². The fourth-order valence-electron chi connectivity index (χ4n) is 1.55. The topological polar surface area (TPSA) is 21.3 Å². The van der Waals surface area contributed by atoms with Crippen LogP contribution >= 0.6 is 0 Å². The van der Waals surface area contributed by atoms with Gasteiger partial charge in [0.25, 0.3) is 0 Å². The predicted octanol–water partition coefficient (Wildman–Crippen LogP) is 2.63. The van der Waals surface area contributed by atoms with Crippen LogP contribution in [0.15, 0.2) is 30.3 Å². The normalized spacial score (nSPS) is 10.9. The number of aryl methyl sites for hydroxylation is 1. The minimum Gasteiger partial charge on any atom is -0.377 e. The first-order valence-electron chi connectivity index (χ1n) is 6.15. The van der Waals surface area contributed by atoms with Crippen molar-refractivity contribution in [3.05, 3.63) is 35.9 Å². The summed E-state index contributed by atoms with van der Waals surface area (Å²) in [4.78, 5) is 0. The molecule has 0 atom stereocenters. The van der Waals surface area contributed by atoms with Crippen LogP contribution in [0.2, 0.25) is 0 Å². The Bertz CT molecular complexity index is 259. The van der Waals surface area contributed by atoms with Crippen molar-refractivity contribution in [2.75, 3.05) is 19.7 Å². The van der Waals surface area contributed by atoms with Crippen LogP contribution in [0.5, 0.6) is 0 Å². The zero-order valence-corrected chi connectivity index (χ0v) is 10.4. The SMILES string of the molecule is CC(C)OCCNCCCc1ccccc1. The first kappa shape index (κ1) is 13.2. The summed E-state index contributed by atoms with van der Waals surface area (Å²) in [5, 5.41) is 3.39. The molecule has 16 heavy (non-hydrogen) atoms. The molecule has 0 radical (unpaired) electrons. The van der Waals surface area contributed by atoms with Gasteiger partial charge in [0.2, 0.25) is 0 Å². The third-order valence-corrected chi connectivity index (χ3v) is 2.39. The maximum Gasteiger partial charge on any atom is 0.0594 e. The lowest BCUT2D eigenvalue weighted by atomic mass is 10.1. The van der Waals surface area contributed by atoms with Gasteiger partial charge in [0, 0.05) is 6.54 Å². The Kier molecular flexibility index (Phi) is 6.86. The van der Waals surface area contributed by atoms with E-state index in [0.717, 1.165) is 26.1 Å². The lowest BCUT2D eigenvalue weighted by Gasteiger charge is -2.08. The largest absolute Gasteiger partial charge is 0.377 e. The Balaban J connectivity index is 1.93. The molecule has 0 heterocycles. The van der Waals surface area contributed by atoms with Crippen LogP contribution < -0.4 is 5.32 Å². The Morgan fingerprint density at radius 1 is 1.12 bits per heavy atom. The smallest absolute Gasteiger partial charge is 0.0594 e. The quantitative estimate of drug-likeness (QED) is 0.681. The molecule has 0 aliphatic rings. The van der Waals surface area contributed by atoms with Crippen molar-refractivity contribution in [3.63, 3.8) is 0 Å². The average Bonchev–Trinajstić information content (AvgIpc) is 2.29. The van der Waals surface area contributed by atoms with Gasteiger partial charge in [-0.2, -0.15) is 0 Å². The van der Waals surface area contributed by atoms with Crippen LogP contribution in [0.25, 0.3) is 0 Å². The van der Waals surface area contributed by atoms with Gasteiger partial charge >= 0.3 is 0 Å². The summed E-state index contributed by atoms with van der Waals surface area (Å²) in [6.07, 6.45) is 2.68. The summed E-state index contributed by atoms with van der Waals surface area (Å²) in [5.74, 6) is 0. The third-order valence-electron chi connectivity index (χ3n) is 2.39. The average molecular weight is 221 g/mol. The second-order valence-corrected chi connectivity index (χ2v) is 4.26. The van der Waals surface area contributed by atoms with Crippen molar-refractivity contribution in [1.82, 2.24) is 5.32 Å². The fourth-order valence-corrected chi connectivity index (χ4v) is 1.55. The Morgan fingerprint density at radius 3 is 2.56 bits per heavy atom. The highest BCUT2D eigenvalue weighted by Gasteiger charge is 1.93. The molecule has 0 spiro atoms. The molecular weight excluding hydrogens is 198 g/mol. The molecular formula is C14H23NO. The zero-order valence-electron chi connectivity index (χ0n) is 10.4. The maximum absolute atomic E-state index is 5.44. The van der Waals surface area contributed by atoms with Gasteiger partial charge in [0.15, 0.2) is 0 Å². The molecule has 1 rings (SSSR count). The van der Waals surface area contributed by atoms with Crippen LogP contribution in [0.4, 0.5) is 0 Å². The van der Waals surface area contributed by atoms with Gasteiger partial charge in [-0.05, 0) is 38.8 Å². The van der Waals surface area contributed by atoms with Gasteiger partial charge in [-0.15, -0.1) is 0 Å². The van der Waals surface area contributed by atoms with Crippen molar-refractivity contribution >= 4 is 0 Å². The third kappa shape index (κ3) is 6.59. The molecule has 0 aliphatic heterocycles. The molecule has 90 valence electrons. The molecule has 0 amide bonds. The van der Waals surface area contributed by atoms with E-state index in [1.54, 1.807) is 0 Å². The van der Waals surface area contributed by atoms with E-state index in [1.165, 1.54) is 12.0 Å². The lowest BCUT2D eigenvalue weighted by Crippen LogP contribution is -2.22. The highest BCUT2D eigenvalue weighted by Crippen LogP contribution is 2.01. The Morgan fingerprint density at radius 2 is 1.88 bits per heavy atom. The van der Waals surface area contributed by atoms with Crippen molar-refractivity contribution in [1.29, 1.82) is 0 Å². The van der Waals surface area contributed by atoms with Crippen LogP contribution in [-0.4, -0.2) is 25.8 Å². The van der Waals surface area contributed by atoms with Crippen LogP contribution in [0, 0.1) is 0 Å². The highest BCUT2D eigenvalue weighted by molar-refractivity contribution is 5.14. The predicted molar refractivity (Wildman–Crippen MR) is 68.7 cm³/mol. The number of hydrogen-bond donors (Lipinski definition) is 1. The monoisotopic (exact) mass is 221 g/mol. The van der Waals surface area contributed by atoms with Crippen LogP contribution in [-0.2, 0) is 11.2 Å². The molecule has 1 aromatic carbocycles. The molecule has 0 aromatic heterocycles. The van der Waals surface area contributed by atoms with Gasteiger partial charge in [0.05, 0.1) is 12.7 Å². The summed E-state index contributed by atoms with van der Waals surface area (Å²) in [6.45, 7) is 6.96. The van der Waals surface area contributed by atoms with Crippen molar-refractivity contribution in [2.45, 2.75) is 32.8 Å². The van der Waals surface area contributed by atoms with E-state index in [2.05, 4.69) is 49.5 Å². The Labute approximate surface area is 99.0 Å².